The predicted molar refractivity (Wildman–Crippen MR) is 110 cm³/mol. The zero-order chi connectivity index (χ0) is 18.9. The Balaban J connectivity index is 1.58. The van der Waals surface area contributed by atoms with Crippen LogP contribution in [0.25, 0.3) is 28.2 Å². The highest BCUT2D eigenvalue weighted by molar-refractivity contribution is 6.30. The van der Waals surface area contributed by atoms with Gasteiger partial charge in [0.2, 0.25) is 0 Å². The predicted octanol–water partition coefficient (Wildman–Crippen LogP) is 4.96. The summed E-state index contributed by atoms with van der Waals surface area (Å²) < 4.78 is 3.94. The molecule has 6 heteroatoms. The van der Waals surface area contributed by atoms with Gasteiger partial charge in [-0.3, -0.25) is 0 Å². The van der Waals surface area contributed by atoms with Gasteiger partial charge in [-0.25, -0.2) is 9.67 Å². The minimum Gasteiger partial charge on any atom is -0.302 e. The maximum absolute atomic E-state index is 6.06. The van der Waals surface area contributed by atoms with Crippen LogP contribution < -0.4 is 0 Å². The Labute approximate surface area is 166 Å². The maximum atomic E-state index is 6.06. The molecule has 5 rings (SSSR count). The van der Waals surface area contributed by atoms with E-state index in [1.54, 1.807) is 0 Å². The van der Waals surface area contributed by atoms with Gasteiger partial charge in [0.1, 0.15) is 11.3 Å². The summed E-state index contributed by atoms with van der Waals surface area (Å²) in [7, 11) is 0. The number of nitrogens with zero attached hydrogens (tertiary/aromatic N) is 5. The van der Waals surface area contributed by atoms with Crippen LogP contribution >= 0.6 is 11.6 Å². The van der Waals surface area contributed by atoms with Gasteiger partial charge in [-0.2, -0.15) is 0 Å². The van der Waals surface area contributed by atoms with E-state index >= 15 is 0 Å². The summed E-state index contributed by atoms with van der Waals surface area (Å²) in [6, 6.07) is 23.8. The Morgan fingerprint density at radius 2 is 1.61 bits per heavy atom. The van der Waals surface area contributed by atoms with E-state index < -0.39 is 0 Å². The van der Waals surface area contributed by atoms with Gasteiger partial charge < -0.3 is 4.40 Å². The number of hydrogen-bond donors (Lipinski definition) is 0. The number of hydrogen-bond acceptors (Lipinski definition) is 3. The van der Waals surface area contributed by atoms with Gasteiger partial charge in [0.25, 0.3) is 0 Å². The number of halogens is 1. The lowest BCUT2D eigenvalue weighted by molar-refractivity contribution is 0.636. The van der Waals surface area contributed by atoms with Crippen LogP contribution in [0.3, 0.4) is 0 Å². The van der Waals surface area contributed by atoms with Crippen molar-refractivity contribution in [1.29, 1.82) is 0 Å². The molecule has 0 aliphatic carbocycles. The monoisotopic (exact) mass is 385 g/mol. The molecule has 0 amide bonds. The van der Waals surface area contributed by atoms with E-state index in [2.05, 4.69) is 14.7 Å². The molecule has 0 aliphatic heterocycles. The molecular formula is C22H16ClN5. The highest BCUT2D eigenvalue weighted by Gasteiger charge is 2.15. The first kappa shape index (κ1) is 16.7. The summed E-state index contributed by atoms with van der Waals surface area (Å²) in [4.78, 5) is 4.83. The van der Waals surface area contributed by atoms with Crippen LogP contribution in [0.5, 0.6) is 0 Å². The smallest absolute Gasteiger partial charge is 0.137 e. The molecule has 5 aromatic rings. The second kappa shape index (κ2) is 6.94. The fraction of sp³-hybridized carbons (Fsp3) is 0.0455. The van der Waals surface area contributed by atoms with Crippen molar-refractivity contribution in [2.45, 2.75) is 6.54 Å². The van der Waals surface area contributed by atoms with Gasteiger partial charge >= 0.3 is 0 Å². The second-order valence-corrected chi connectivity index (χ2v) is 6.95. The number of rotatable bonds is 4. The van der Waals surface area contributed by atoms with Crippen LogP contribution in [0.2, 0.25) is 5.02 Å². The van der Waals surface area contributed by atoms with E-state index in [1.165, 1.54) is 0 Å². The zero-order valence-corrected chi connectivity index (χ0v) is 15.7. The Morgan fingerprint density at radius 3 is 2.43 bits per heavy atom. The summed E-state index contributed by atoms with van der Waals surface area (Å²) in [5.41, 5.74) is 5.77. The highest BCUT2D eigenvalue weighted by atomic mass is 35.5. The van der Waals surface area contributed by atoms with Crippen LogP contribution in [0.1, 0.15) is 5.69 Å². The van der Waals surface area contributed by atoms with Crippen LogP contribution in [0.15, 0.2) is 85.2 Å². The van der Waals surface area contributed by atoms with E-state index in [4.69, 9.17) is 16.6 Å². The highest BCUT2D eigenvalue weighted by Crippen LogP contribution is 2.27. The fourth-order valence-corrected chi connectivity index (χ4v) is 3.43. The molecule has 0 aliphatic rings. The summed E-state index contributed by atoms with van der Waals surface area (Å²) in [5, 5.41) is 9.36. The minimum absolute atomic E-state index is 0.559. The number of aromatic nitrogens is 5. The molecule has 0 N–H and O–H groups in total. The molecule has 0 spiro atoms. The lowest BCUT2D eigenvalue weighted by Crippen LogP contribution is -2.05. The molecular weight excluding hydrogens is 370 g/mol. The lowest BCUT2D eigenvalue weighted by atomic mass is 10.1. The third-order valence-corrected chi connectivity index (χ3v) is 4.92. The summed E-state index contributed by atoms with van der Waals surface area (Å²) in [5.74, 6) is 0. The molecule has 0 fully saturated rings. The minimum atomic E-state index is 0.559. The largest absolute Gasteiger partial charge is 0.302 e. The molecule has 0 radical (unpaired) electrons. The number of benzene rings is 2. The number of fused-ring (bicyclic) bond motifs is 1. The molecule has 0 saturated heterocycles. The lowest BCUT2D eigenvalue weighted by Gasteiger charge is -2.05. The normalized spacial score (nSPS) is 11.2. The summed E-state index contributed by atoms with van der Waals surface area (Å²) in [6.07, 6.45) is 3.98. The van der Waals surface area contributed by atoms with Gasteiger partial charge in [-0.15, -0.1) is 5.10 Å². The van der Waals surface area contributed by atoms with E-state index in [1.807, 2.05) is 89.9 Å². The standard InChI is InChI=1S/C22H16ClN5/c23-18-11-9-17(10-12-18)22-20(28-13-5-4-8-21(28)24-22)15-27-14-19(25-26-27)16-6-2-1-3-7-16/h1-14H,15H2. The van der Waals surface area contributed by atoms with Crippen molar-refractivity contribution in [2.24, 2.45) is 0 Å². The van der Waals surface area contributed by atoms with Crippen LogP contribution in [0, 0.1) is 0 Å². The first-order valence-electron chi connectivity index (χ1n) is 8.95. The van der Waals surface area contributed by atoms with Crippen LogP contribution in [-0.2, 0) is 6.54 Å². The topological polar surface area (TPSA) is 48.0 Å². The first-order valence-corrected chi connectivity index (χ1v) is 9.33. The van der Waals surface area contributed by atoms with Gasteiger partial charge in [-0.1, -0.05) is 65.3 Å². The molecule has 5 nitrogen and oxygen atoms in total. The van der Waals surface area contributed by atoms with Crippen molar-refractivity contribution >= 4 is 17.2 Å². The molecule has 0 atom stereocenters. The molecule has 3 aromatic heterocycles. The third kappa shape index (κ3) is 3.06. The van der Waals surface area contributed by atoms with E-state index in [0.29, 0.717) is 11.6 Å². The third-order valence-electron chi connectivity index (χ3n) is 4.67. The Kier molecular flexibility index (Phi) is 4.14. The average molecular weight is 386 g/mol. The maximum Gasteiger partial charge on any atom is 0.137 e. The molecule has 0 saturated carbocycles. The zero-order valence-electron chi connectivity index (χ0n) is 14.9. The van der Waals surface area contributed by atoms with Crippen molar-refractivity contribution in [3.05, 3.63) is 95.9 Å². The molecule has 2 aromatic carbocycles. The average Bonchev–Trinajstić information content (AvgIpc) is 3.35. The Hall–Kier alpha value is -3.44. The van der Waals surface area contributed by atoms with E-state index in [9.17, 15) is 0 Å². The van der Waals surface area contributed by atoms with Crippen molar-refractivity contribution < 1.29 is 0 Å². The van der Waals surface area contributed by atoms with Gasteiger partial charge in [0.05, 0.1) is 24.1 Å². The van der Waals surface area contributed by atoms with Crippen LogP contribution in [-0.4, -0.2) is 24.4 Å². The van der Waals surface area contributed by atoms with Crippen molar-refractivity contribution in [2.75, 3.05) is 0 Å². The molecule has 28 heavy (non-hydrogen) atoms. The number of imidazole rings is 1. The molecule has 0 bridgehead atoms. The summed E-state index contributed by atoms with van der Waals surface area (Å²) >= 11 is 6.06. The van der Waals surface area contributed by atoms with E-state index in [-0.39, 0.29) is 0 Å². The van der Waals surface area contributed by atoms with E-state index in [0.717, 1.165) is 33.9 Å². The van der Waals surface area contributed by atoms with Gasteiger partial charge in [0, 0.05) is 22.3 Å². The van der Waals surface area contributed by atoms with Crippen molar-refractivity contribution in [3.63, 3.8) is 0 Å². The molecule has 0 unspecified atom stereocenters. The SMILES string of the molecule is Clc1ccc(-c2nc3ccccn3c2Cn2cc(-c3ccccc3)nn2)cc1. The van der Waals surface area contributed by atoms with Crippen LogP contribution in [0.4, 0.5) is 0 Å². The fourth-order valence-electron chi connectivity index (χ4n) is 3.31. The van der Waals surface area contributed by atoms with Gasteiger partial charge in [0.15, 0.2) is 0 Å². The molecule has 136 valence electrons. The van der Waals surface area contributed by atoms with Crippen molar-refractivity contribution in [1.82, 2.24) is 24.4 Å². The quantitative estimate of drug-likeness (QED) is 0.439. The first-order chi connectivity index (χ1) is 13.8. The Bertz CT molecular complexity index is 1240. The second-order valence-electron chi connectivity index (χ2n) is 6.51. The Morgan fingerprint density at radius 1 is 0.821 bits per heavy atom. The van der Waals surface area contributed by atoms with Crippen molar-refractivity contribution in [3.8, 4) is 22.5 Å². The number of pyridine rings is 1. The summed E-state index contributed by atoms with van der Waals surface area (Å²) in [6.45, 7) is 0.559. The molecule has 3 heterocycles. The van der Waals surface area contributed by atoms with Gasteiger partial charge in [-0.05, 0) is 24.3 Å².